The number of carbonyl (C=O) groups is 1. The average Bonchev–Trinajstić information content (AvgIpc) is 2.70. The Labute approximate surface area is 198 Å². The highest BCUT2D eigenvalue weighted by molar-refractivity contribution is 8.11. The summed E-state index contributed by atoms with van der Waals surface area (Å²) in [5.74, 6) is -0.656. The summed E-state index contributed by atoms with van der Waals surface area (Å²) < 4.78 is 0.615. The van der Waals surface area contributed by atoms with Gasteiger partial charge in [0.05, 0.1) is 0 Å². The van der Waals surface area contributed by atoms with Crippen LogP contribution in [0.5, 0.6) is 0 Å². The first-order valence-corrected chi connectivity index (χ1v) is 13.7. The smallest absolute Gasteiger partial charge is 0.303 e. The molecule has 0 aromatic heterocycles. The van der Waals surface area contributed by atoms with Gasteiger partial charge in [0.25, 0.3) is 0 Å². The Morgan fingerprint density at radius 2 is 0.833 bits per heavy atom. The van der Waals surface area contributed by atoms with Gasteiger partial charge < -0.3 is 10.4 Å². The number of carboxylic acids is 1. The second-order valence-electron chi connectivity index (χ2n) is 8.80. The van der Waals surface area contributed by atoms with Gasteiger partial charge in [-0.1, -0.05) is 134 Å². The Kier molecular flexibility index (Phi) is 24.7. The molecule has 0 heterocycles. The second kappa shape index (κ2) is 25.0. The molecule has 30 heavy (non-hydrogen) atoms. The van der Waals surface area contributed by atoms with Crippen molar-refractivity contribution in [3.05, 3.63) is 0 Å². The van der Waals surface area contributed by atoms with Gasteiger partial charge in [0.1, 0.15) is 4.32 Å². The molecular formula is C25H49NO2S2. The minimum Gasteiger partial charge on any atom is -0.481 e. The molecule has 0 saturated carbocycles. The van der Waals surface area contributed by atoms with E-state index < -0.39 is 5.97 Å². The van der Waals surface area contributed by atoms with Crippen LogP contribution in [-0.2, 0) is 4.79 Å². The van der Waals surface area contributed by atoms with Crippen molar-refractivity contribution in [2.24, 2.45) is 0 Å². The van der Waals surface area contributed by atoms with Gasteiger partial charge in [-0.25, -0.2) is 0 Å². The molecule has 0 fully saturated rings. The van der Waals surface area contributed by atoms with E-state index in [0.29, 0.717) is 10.7 Å². The van der Waals surface area contributed by atoms with Gasteiger partial charge in [-0.2, -0.15) is 0 Å². The van der Waals surface area contributed by atoms with E-state index in [1.165, 1.54) is 122 Å². The van der Waals surface area contributed by atoms with Crippen LogP contribution in [0, 0.1) is 0 Å². The summed E-state index contributed by atoms with van der Waals surface area (Å²) in [6.45, 7) is 0.972. The topological polar surface area (TPSA) is 49.3 Å². The van der Waals surface area contributed by atoms with Crippen molar-refractivity contribution in [1.29, 1.82) is 0 Å². The molecule has 0 atom stereocenters. The predicted octanol–water partition coefficient (Wildman–Crippen LogP) is 8.46. The summed E-state index contributed by atoms with van der Waals surface area (Å²) in [4.78, 5) is 10.4. The molecule has 0 aliphatic carbocycles. The van der Waals surface area contributed by atoms with Crippen LogP contribution in [0.1, 0.15) is 141 Å². The highest BCUT2D eigenvalue weighted by atomic mass is 32.1. The fourth-order valence-corrected chi connectivity index (χ4v) is 4.17. The molecule has 5 heteroatoms. The van der Waals surface area contributed by atoms with Crippen molar-refractivity contribution >= 4 is 35.1 Å². The minimum atomic E-state index is -0.656. The Balaban J connectivity index is 3.02. The van der Waals surface area contributed by atoms with Crippen LogP contribution in [0.4, 0.5) is 0 Å². The summed E-state index contributed by atoms with van der Waals surface area (Å²) in [7, 11) is 0. The van der Waals surface area contributed by atoms with Gasteiger partial charge in [0.2, 0.25) is 0 Å². The van der Waals surface area contributed by atoms with Crippen LogP contribution in [-0.4, -0.2) is 21.9 Å². The summed E-state index contributed by atoms with van der Waals surface area (Å²) in [6, 6.07) is 0. The summed E-state index contributed by atoms with van der Waals surface area (Å²) in [5, 5.41) is 11.7. The average molecular weight is 460 g/mol. The number of hydrogen-bond donors (Lipinski definition) is 3. The Bertz CT molecular complexity index is 355. The molecule has 0 aliphatic rings. The maximum Gasteiger partial charge on any atom is 0.303 e. The molecule has 0 unspecified atom stereocenters. The first kappa shape index (κ1) is 29.7. The number of nitrogens with one attached hydrogen (secondary N) is 1. The van der Waals surface area contributed by atoms with Crippen molar-refractivity contribution in [3.8, 4) is 0 Å². The molecular weight excluding hydrogens is 410 g/mol. The van der Waals surface area contributed by atoms with E-state index in [9.17, 15) is 4.79 Å². The van der Waals surface area contributed by atoms with E-state index in [1.54, 1.807) is 0 Å². The van der Waals surface area contributed by atoms with Crippen molar-refractivity contribution in [2.75, 3.05) is 6.54 Å². The normalized spacial score (nSPS) is 11.0. The number of thiocarbonyl (C=S) groups is 1. The first-order chi connectivity index (χ1) is 14.6. The summed E-state index contributed by atoms with van der Waals surface area (Å²) in [5.41, 5.74) is 0. The standard InChI is InChI=1S/C25H49NO2S2/c27-24(28)22-20-18-16-14-12-10-8-6-4-2-1-3-5-7-9-11-13-15-17-19-21-23-26-25(29)30/h1-23H2,(H,27,28)(H2,26,29,30). The molecule has 0 spiro atoms. The van der Waals surface area contributed by atoms with Crippen LogP contribution in [0.25, 0.3) is 0 Å². The van der Waals surface area contributed by atoms with Gasteiger partial charge >= 0.3 is 5.97 Å². The molecule has 0 aliphatic heterocycles. The Hall–Kier alpha value is -0.290. The van der Waals surface area contributed by atoms with Crippen molar-refractivity contribution < 1.29 is 9.90 Å². The molecule has 0 amide bonds. The monoisotopic (exact) mass is 459 g/mol. The lowest BCUT2D eigenvalue weighted by Crippen LogP contribution is -2.17. The van der Waals surface area contributed by atoms with E-state index >= 15 is 0 Å². The molecule has 0 bridgehead atoms. The number of hydrogen-bond acceptors (Lipinski definition) is 2. The minimum absolute atomic E-state index is 0.339. The van der Waals surface area contributed by atoms with Gasteiger partial charge in [-0.05, 0) is 12.8 Å². The molecule has 3 nitrogen and oxygen atoms in total. The van der Waals surface area contributed by atoms with E-state index in [1.807, 2.05) is 0 Å². The number of thiol groups is 1. The quantitative estimate of drug-likeness (QED) is 0.0769. The third-order valence-electron chi connectivity index (χ3n) is 5.84. The second-order valence-corrected chi connectivity index (χ2v) is 9.96. The highest BCUT2D eigenvalue weighted by Gasteiger charge is 1.97. The maximum atomic E-state index is 10.4. The zero-order valence-corrected chi connectivity index (χ0v) is 21.2. The lowest BCUT2D eigenvalue weighted by molar-refractivity contribution is -0.137. The SMILES string of the molecule is O=C(O)CCCCCCCCCCCCCCCCCCCCCCCNC(=S)S. The van der Waals surface area contributed by atoms with Gasteiger partial charge in [0, 0.05) is 13.0 Å². The van der Waals surface area contributed by atoms with Gasteiger partial charge in [-0.3, -0.25) is 4.79 Å². The molecule has 0 saturated heterocycles. The molecule has 0 aromatic rings. The maximum absolute atomic E-state index is 10.4. The van der Waals surface area contributed by atoms with Crippen LogP contribution in [0.15, 0.2) is 0 Å². The Morgan fingerprint density at radius 1 is 0.567 bits per heavy atom. The zero-order chi connectivity index (χ0) is 22.1. The van der Waals surface area contributed by atoms with Crippen LogP contribution < -0.4 is 5.32 Å². The first-order valence-electron chi connectivity index (χ1n) is 12.8. The van der Waals surface area contributed by atoms with E-state index in [2.05, 4.69) is 17.9 Å². The van der Waals surface area contributed by atoms with Crippen molar-refractivity contribution in [2.45, 2.75) is 141 Å². The summed E-state index contributed by atoms with van der Waals surface area (Å²) in [6.07, 6.45) is 28.2. The molecule has 2 N–H and O–H groups in total. The van der Waals surface area contributed by atoms with Crippen LogP contribution in [0.3, 0.4) is 0 Å². The zero-order valence-electron chi connectivity index (χ0n) is 19.5. The molecule has 0 aromatic carbocycles. The van der Waals surface area contributed by atoms with Gasteiger partial charge in [0.15, 0.2) is 0 Å². The molecule has 178 valence electrons. The fourth-order valence-electron chi connectivity index (χ4n) is 3.96. The van der Waals surface area contributed by atoms with E-state index in [0.717, 1.165) is 19.4 Å². The number of carboxylic acid groups (broad SMARTS) is 1. The van der Waals surface area contributed by atoms with Crippen LogP contribution in [0.2, 0.25) is 0 Å². The highest BCUT2D eigenvalue weighted by Crippen LogP contribution is 2.15. The Morgan fingerprint density at radius 3 is 1.10 bits per heavy atom. The predicted molar refractivity (Wildman–Crippen MR) is 139 cm³/mol. The number of rotatable bonds is 24. The van der Waals surface area contributed by atoms with Crippen molar-refractivity contribution in [1.82, 2.24) is 5.32 Å². The largest absolute Gasteiger partial charge is 0.481 e. The lowest BCUT2D eigenvalue weighted by atomic mass is 10.0. The lowest BCUT2D eigenvalue weighted by Gasteiger charge is -2.04. The molecule has 0 rings (SSSR count). The third kappa shape index (κ3) is 27.7. The van der Waals surface area contributed by atoms with Crippen LogP contribution >= 0.6 is 24.8 Å². The van der Waals surface area contributed by atoms with Crippen molar-refractivity contribution in [3.63, 3.8) is 0 Å². The number of unbranched alkanes of at least 4 members (excludes halogenated alkanes) is 20. The fraction of sp³-hybridized carbons (Fsp3) is 0.920. The molecule has 0 radical (unpaired) electrons. The number of aliphatic carboxylic acids is 1. The van der Waals surface area contributed by atoms with Gasteiger partial charge in [-0.15, -0.1) is 12.6 Å². The summed E-state index contributed by atoms with van der Waals surface area (Å²) >= 11 is 8.93. The third-order valence-corrected chi connectivity index (χ3v) is 6.15. The van der Waals surface area contributed by atoms with E-state index in [4.69, 9.17) is 17.3 Å². The van der Waals surface area contributed by atoms with E-state index in [-0.39, 0.29) is 0 Å².